The summed E-state index contributed by atoms with van der Waals surface area (Å²) >= 11 is 0. The highest BCUT2D eigenvalue weighted by Gasteiger charge is 2.47. The van der Waals surface area contributed by atoms with Crippen molar-refractivity contribution >= 4 is 22.6 Å². The van der Waals surface area contributed by atoms with Crippen LogP contribution < -0.4 is 0 Å². The summed E-state index contributed by atoms with van der Waals surface area (Å²) in [6.45, 7) is 36.7. The third-order valence-corrected chi connectivity index (χ3v) is 21.6. The summed E-state index contributed by atoms with van der Waals surface area (Å²) in [4.78, 5) is 12.6. The highest BCUT2D eigenvalue weighted by Crippen LogP contribution is 2.56. The van der Waals surface area contributed by atoms with Crippen LogP contribution in [-0.4, -0.2) is 53.6 Å². The molecule has 7 heteroatoms. The smallest absolute Gasteiger partial charge is 0.332 e. The Morgan fingerprint density at radius 2 is 1.67 bits per heavy atom. The number of hydrogen-bond donors (Lipinski definition) is 0. The molecule has 0 heterocycles. The molecule has 0 bridgehead atoms. The van der Waals surface area contributed by atoms with E-state index in [9.17, 15) is 4.79 Å². The van der Waals surface area contributed by atoms with Crippen molar-refractivity contribution in [1.29, 1.82) is 0 Å². The molecule has 274 valence electrons. The van der Waals surface area contributed by atoms with Crippen LogP contribution in [0.3, 0.4) is 0 Å². The van der Waals surface area contributed by atoms with Crippen molar-refractivity contribution < 1.29 is 23.1 Å². The second-order valence-electron chi connectivity index (χ2n) is 18.2. The van der Waals surface area contributed by atoms with Crippen molar-refractivity contribution in [2.75, 3.05) is 6.61 Å². The lowest BCUT2D eigenvalue weighted by Crippen LogP contribution is -2.49. The molecule has 48 heavy (non-hydrogen) atoms. The van der Waals surface area contributed by atoms with Gasteiger partial charge in [-0.15, -0.1) is 0 Å². The van der Waals surface area contributed by atoms with Crippen LogP contribution in [0.4, 0.5) is 0 Å². The molecule has 3 aliphatic rings. The van der Waals surface area contributed by atoms with Gasteiger partial charge in [-0.2, -0.15) is 0 Å². The van der Waals surface area contributed by atoms with Gasteiger partial charge in [0.1, 0.15) is 12.7 Å². The topological polar surface area (TPSA) is 54.0 Å². The first-order valence-corrected chi connectivity index (χ1v) is 24.8. The zero-order valence-electron chi connectivity index (χ0n) is 33.4. The number of esters is 1. The van der Waals surface area contributed by atoms with Gasteiger partial charge in [-0.3, -0.25) is 0 Å². The van der Waals surface area contributed by atoms with Gasteiger partial charge in [-0.1, -0.05) is 99.1 Å². The molecule has 5 nitrogen and oxygen atoms in total. The molecule has 0 saturated heterocycles. The fourth-order valence-electron chi connectivity index (χ4n) is 7.42. The van der Waals surface area contributed by atoms with E-state index in [1.165, 1.54) is 16.7 Å². The molecule has 2 fully saturated rings. The summed E-state index contributed by atoms with van der Waals surface area (Å²) in [5, 5.41) is 0.275. The van der Waals surface area contributed by atoms with Crippen molar-refractivity contribution in [3.63, 3.8) is 0 Å². The Kier molecular flexibility index (Phi) is 13.7. The number of hydrogen-bond acceptors (Lipinski definition) is 5. The Balaban J connectivity index is 1.81. The lowest BCUT2D eigenvalue weighted by Gasteiger charge is -2.45. The van der Waals surface area contributed by atoms with Gasteiger partial charge in [0.15, 0.2) is 16.6 Å². The van der Waals surface area contributed by atoms with E-state index in [2.05, 4.69) is 120 Å². The summed E-state index contributed by atoms with van der Waals surface area (Å²) in [6.07, 6.45) is 16.1. The molecule has 0 aromatic heterocycles. The van der Waals surface area contributed by atoms with Gasteiger partial charge in [-0.05, 0) is 116 Å². The maximum absolute atomic E-state index is 12.6. The first-order chi connectivity index (χ1) is 22.1. The van der Waals surface area contributed by atoms with Gasteiger partial charge in [0.25, 0.3) is 0 Å². The highest BCUT2D eigenvalue weighted by atomic mass is 28.4. The third kappa shape index (κ3) is 9.74. The Morgan fingerprint density at radius 3 is 2.25 bits per heavy atom. The molecule has 3 aliphatic carbocycles. The summed E-state index contributed by atoms with van der Waals surface area (Å²) in [6, 6.07) is 0. The number of ether oxygens (including phenoxy) is 2. The fourth-order valence-corrected chi connectivity index (χ4v) is 10.1. The van der Waals surface area contributed by atoms with E-state index < -0.39 is 16.6 Å². The minimum atomic E-state index is -2.01. The van der Waals surface area contributed by atoms with Crippen molar-refractivity contribution in [2.45, 2.75) is 188 Å². The monoisotopic (exact) mass is 700 g/mol. The van der Waals surface area contributed by atoms with Crippen LogP contribution in [0.1, 0.15) is 127 Å². The molecule has 0 radical (unpaired) electrons. The molecular formula is C41H72O5Si2. The van der Waals surface area contributed by atoms with Crippen LogP contribution in [0.15, 0.2) is 47.1 Å². The maximum Gasteiger partial charge on any atom is 0.332 e. The molecule has 0 N–H and O–H groups in total. The molecule has 6 atom stereocenters. The van der Waals surface area contributed by atoms with E-state index in [-0.39, 0.29) is 52.5 Å². The first kappa shape index (κ1) is 41.2. The summed E-state index contributed by atoms with van der Waals surface area (Å²) in [7, 11) is -3.98. The largest absolute Gasteiger partial charge is 0.461 e. The van der Waals surface area contributed by atoms with E-state index in [1.54, 1.807) is 0 Å². The molecule has 0 aliphatic heterocycles. The number of fused-ring (bicyclic) bond motifs is 1. The predicted molar refractivity (Wildman–Crippen MR) is 207 cm³/mol. The van der Waals surface area contributed by atoms with Gasteiger partial charge in [0.05, 0.1) is 18.3 Å². The van der Waals surface area contributed by atoms with Gasteiger partial charge in [-0.25, -0.2) is 4.79 Å². The Morgan fingerprint density at radius 1 is 1.04 bits per heavy atom. The van der Waals surface area contributed by atoms with Crippen molar-refractivity contribution in [1.82, 2.24) is 0 Å². The van der Waals surface area contributed by atoms with Gasteiger partial charge >= 0.3 is 5.97 Å². The van der Waals surface area contributed by atoms with Gasteiger partial charge in [0.2, 0.25) is 0 Å². The number of carbonyl (C=O) groups is 1. The molecule has 0 amide bonds. The van der Waals surface area contributed by atoms with Crippen LogP contribution >= 0.6 is 0 Å². The van der Waals surface area contributed by atoms with Crippen molar-refractivity contribution in [3.8, 4) is 0 Å². The molecular weight excluding hydrogens is 629 g/mol. The lowest BCUT2D eigenvalue weighted by molar-refractivity contribution is -0.156. The zero-order chi connectivity index (χ0) is 36.3. The van der Waals surface area contributed by atoms with Crippen LogP contribution in [0.25, 0.3) is 0 Å². The van der Waals surface area contributed by atoms with Gasteiger partial charge in [0, 0.05) is 6.42 Å². The summed E-state index contributed by atoms with van der Waals surface area (Å²) in [5.41, 5.74) is 5.30. The predicted octanol–water partition coefficient (Wildman–Crippen LogP) is 11.6. The van der Waals surface area contributed by atoms with Crippen LogP contribution in [-0.2, 0) is 23.1 Å². The standard InChI is InChI=1S/C41H72O5Si2/c1-16-19-33(17-2)44-38(42)28-43-30(4)35-23-24-36-31(20-18-25-41(35,36)11)21-22-32-26-34(45-47(12,13)39(5,6)7)27-37(29(32)3)46-48(14,15)40(8,9)10/h21-23,30,33-34,36-37H,3,16-20,24-28H2,1-2,4-15H3/b31-21+,32-22-/t30?,33-,34+,36-,37-,41+/m0/s1. The fraction of sp³-hybridized carbons (Fsp3) is 0.780. The van der Waals surface area contributed by atoms with E-state index in [4.69, 9.17) is 18.3 Å². The first-order valence-electron chi connectivity index (χ1n) is 19.0. The number of rotatable bonds is 13. The van der Waals surface area contributed by atoms with E-state index in [1.807, 2.05) is 0 Å². The lowest BCUT2D eigenvalue weighted by atomic mass is 9.63. The molecule has 2 saturated carbocycles. The second-order valence-corrected chi connectivity index (χ2v) is 27.8. The van der Waals surface area contributed by atoms with E-state index >= 15 is 0 Å². The highest BCUT2D eigenvalue weighted by molar-refractivity contribution is 6.74. The maximum atomic E-state index is 12.6. The van der Waals surface area contributed by atoms with Crippen molar-refractivity contribution in [2.24, 2.45) is 11.3 Å². The summed E-state index contributed by atoms with van der Waals surface area (Å²) < 4.78 is 26.0. The van der Waals surface area contributed by atoms with Gasteiger partial charge < -0.3 is 18.3 Å². The molecule has 3 rings (SSSR count). The average molecular weight is 701 g/mol. The second kappa shape index (κ2) is 16.0. The Hall–Kier alpha value is -1.26. The zero-order valence-corrected chi connectivity index (χ0v) is 35.4. The minimum Gasteiger partial charge on any atom is -0.461 e. The van der Waals surface area contributed by atoms with Crippen LogP contribution in [0.5, 0.6) is 0 Å². The average Bonchev–Trinajstić information content (AvgIpc) is 3.32. The molecule has 0 spiro atoms. The van der Waals surface area contributed by atoms with Crippen LogP contribution in [0.2, 0.25) is 36.3 Å². The molecule has 0 aromatic rings. The van der Waals surface area contributed by atoms with Crippen LogP contribution in [0, 0.1) is 11.3 Å². The Labute approximate surface area is 297 Å². The quantitative estimate of drug-likeness (QED) is 0.109. The normalized spacial score (nSPS) is 28.8. The number of allylic oxidation sites excluding steroid dienone is 4. The van der Waals surface area contributed by atoms with E-state index in [0.717, 1.165) is 63.4 Å². The SMILES string of the molecule is C=C1/C(=C\C=C2/CCC[C@]3(C)C(C(C)OCC(=O)O[C@@H](CC)CCC)=CC[C@@H]23)C[C@@H](O[Si](C)(C)C(C)(C)C)C[C@@H]1O[Si](C)(C)C(C)(C)C. The molecule has 1 unspecified atom stereocenters. The van der Waals surface area contributed by atoms with Crippen molar-refractivity contribution in [3.05, 3.63) is 47.1 Å². The Bertz CT molecular complexity index is 1230. The molecule has 0 aromatic carbocycles. The summed E-state index contributed by atoms with van der Waals surface area (Å²) in [5.74, 6) is 0.193. The minimum absolute atomic E-state index is 0.00655. The number of carbonyl (C=O) groups excluding carboxylic acids is 1. The van der Waals surface area contributed by atoms with E-state index in [0.29, 0.717) is 5.92 Å². The third-order valence-electron chi connectivity index (χ3n) is 12.6.